The van der Waals surface area contributed by atoms with Gasteiger partial charge in [-0.05, 0) is 31.5 Å². The molecule has 1 aromatic carbocycles. The molecule has 2 aromatic heterocycles. The Morgan fingerprint density at radius 3 is 2.59 bits per heavy atom. The van der Waals surface area contributed by atoms with Crippen molar-refractivity contribution in [3.8, 4) is 17.3 Å². The summed E-state index contributed by atoms with van der Waals surface area (Å²) in [6.07, 6.45) is 0. The minimum atomic E-state index is -0.415. The third kappa shape index (κ3) is 2.97. The van der Waals surface area contributed by atoms with Crippen molar-refractivity contribution in [1.29, 1.82) is 0 Å². The molecule has 140 valence electrons. The van der Waals surface area contributed by atoms with Crippen LogP contribution in [0, 0.1) is 13.8 Å². The zero-order chi connectivity index (χ0) is 19.1. The van der Waals surface area contributed by atoms with Crippen molar-refractivity contribution in [2.75, 3.05) is 7.11 Å². The molecular formula is C19H21N5O3. The molecule has 0 radical (unpaired) electrons. The number of hydrogen-bond acceptors (Lipinski definition) is 6. The van der Waals surface area contributed by atoms with Gasteiger partial charge in [-0.1, -0.05) is 12.1 Å². The number of aryl methyl sites for hydroxylation is 2. The second-order valence-corrected chi connectivity index (χ2v) is 6.68. The van der Waals surface area contributed by atoms with Crippen molar-refractivity contribution in [2.24, 2.45) is 0 Å². The van der Waals surface area contributed by atoms with Crippen LogP contribution in [0.2, 0.25) is 0 Å². The second-order valence-electron chi connectivity index (χ2n) is 6.68. The van der Waals surface area contributed by atoms with Gasteiger partial charge in [0.05, 0.1) is 19.3 Å². The molecule has 3 aromatic rings. The highest BCUT2D eigenvalue weighted by atomic mass is 16.5. The molecule has 4 rings (SSSR count). The summed E-state index contributed by atoms with van der Waals surface area (Å²) in [6, 6.07) is 7.29. The average Bonchev–Trinajstić information content (AvgIpc) is 3.22. The van der Waals surface area contributed by atoms with Gasteiger partial charge in [0, 0.05) is 13.5 Å². The smallest absolute Gasteiger partial charge is 0.246 e. The van der Waals surface area contributed by atoms with Crippen LogP contribution in [-0.2, 0) is 17.9 Å². The standard InChI is InChI=1S/C19H21N5O3/c1-11-17(27-13(3)20-11)18-22-21-16-10-23(19(25)12(2)24(16)18)9-14-5-7-15(26-4)8-6-14/h5-8,12H,9-10H2,1-4H3/t12-/m0/s1. The van der Waals surface area contributed by atoms with Crippen LogP contribution >= 0.6 is 0 Å². The summed E-state index contributed by atoms with van der Waals surface area (Å²) in [4.78, 5) is 19.0. The number of methoxy groups -OCH3 is 1. The number of carbonyl (C=O) groups is 1. The van der Waals surface area contributed by atoms with Crippen LogP contribution in [0.25, 0.3) is 11.6 Å². The molecule has 0 saturated carbocycles. The van der Waals surface area contributed by atoms with Crippen LogP contribution in [0.15, 0.2) is 28.7 Å². The first-order chi connectivity index (χ1) is 13.0. The van der Waals surface area contributed by atoms with Crippen LogP contribution in [0.5, 0.6) is 5.75 Å². The van der Waals surface area contributed by atoms with Gasteiger partial charge in [0.15, 0.2) is 17.5 Å². The maximum atomic E-state index is 13.0. The minimum absolute atomic E-state index is 0.0215. The summed E-state index contributed by atoms with van der Waals surface area (Å²) in [5.41, 5.74) is 1.77. The van der Waals surface area contributed by atoms with E-state index in [1.165, 1.54) is 0 Å². The maximum Gasteiger partial charge on any atom is 0.246 e. The lowest BCUT2D eigenvalue weighted by atomic mass is 10.1. The number of rotatable bonds is 4. The molecule has 1 aliphatic heterocycles. The number of benzene rings is 1. The Balaban J connectivity index is 1.63. The molecule has 8 heteroatoms. The molecule has 27 heavy (non-hydrogen) atoms. The normalized spacial score (nSPS) is 16.5. The Morgan fingerprint density at radius 1 is 1.22 bits per heavy atom. The molecule has 0 spiro atoms. The van der Waals surface area contributed by atoms with E-state index < -0.39 is 6.04 Å². The molecule has 1 amide bonds. The van der Waals surface area contributed by atoms with Crippen LogP contribution in [-0.4, -0.2) is 37.7 Å². The molecule has 0 unspecified atom stereocenters. The number of amides is 1. The van der Waals surface area contributed by atoms with Crippen molar-refractivity contribution < 1.29 is 13.9 Å². The summed E-state index contributed by atoms with van der Waals surface area (Å²) in [6.45, 7) is 6.41. The molecular weight excluding hydrogens is 346 g/mol. The number of aromatic nitrogens is 4. The van der Waals surface area contributed by atoms with Crippen molar-refractivity contribution >= 4 is 5.91 Å². The molecule has 0 N–H and O–H groups in total. The van der Waals surface area contributed by atoms with Crippen LogP contribution in [0.3, 0.4) is 0 Å². The Hall–Kier alpha value is -3.16. The highest BCUT2D eigenvalue weighted by molar-refractivity contribution is 5.82. The number of carbonyl (C=O) groups excluding carboxylic acids is 1. The molecule has 0 bridgehead atoms. The van der Waals surface area contributed by atoms with Gasteiger partial charge in [-0.2, -0.15) is 0 Å². The van der Waals surface area contributed by atoms with Gasteiger partial charge in [0.1, 0.15) is 11.8 Å². The molecule has 0 fully saturated rings. The van der Waals surface area contributed by atoms with Gasteiger partial charge in [-0.25, -0.2) is 4.98 Å². The minimum Gasteiger partial charge on any atom is -0.497 e. The van der Waals surface area contributed by atoms with Gasteiger partial charge in [0.25, 0.3) is 0 Å². The Kier molecular flexibility index (Phi) is 4.18. The molecule has 0 aliphatic carbocycles. The first kappa shape index (κ1) is 17.3. The van der Waals surface area contributed by atoms with E-state index >= 15 is 0 Å². The SMILES string of the molecule is COc1ccc(CN2Cc3nnc(-c4oc(C)nc4C)n3[C@@H](C)C2=O)cc1. The zero-order valence-electron chi connectivity index (χ0n) is 15.8. The topological polar surface area (TPSA) is 86.3 Å². The lowest BCUT2D eigenvalue weighted by Gasteiger charge is -2.32. The molecule has 8 nitrogen and oxygen atoms in total. The van der Waals surface area contributed by atoms with E-state index in [4.69, 9.17) is 9.15 Å². The van der Waals surface area contributed by atoms with Crippen LogP contribution in [0.4, 0.5) is 0 Å². The fraction of sp³-hybridized carbons (Fsp3) is 0.368. The average molecular weight is 367 g/mol. The Labute approximate surface area is 156 Å². The molecule has 1 atom stereocenters. The first-order valence-electron chi connectivity index (χ1n) is 8.78. The predicted molar refractivity (Wildman–Crippen MR) is 97.0 cm³/mol. The first-order valence-corrected chi connectivity index (χ1v) is 8.78. The van der Waals surface area contributed by atoms with E-state index in [0.29, 0.717) is 30.6 Å². The summed E-state index contributed by atoms with van der Waals surface area (Å²) in [5, 5.41) is 8.57. The zero-order valence-corrected chi connectivity index (χ0v) is 15.8. The highest BCUT2D eigenvalue weighted by Gasteiger charge is 2.34. The van der Waals surface area contributed by atoms with E-state index in [1.807, 2.05) is 42.7 Å². The Bertz CT molecular complexity index is 989. The van der Waals surface area contributed by atoms with Crippen LogP contribution in [0.1, 0.15) is 35.9 Å². The van der Waals surface area contributed by atoms with Gasteiger partial charge < -0.3 is 14.1 Å². The largest absolute Gasteiger partial charge is 0.497 e. The van der Waals surface area contributed by atoms with Crippen LogP contribution < -0.4 is 4.74 Å². The van der Waals surface area contributed by atoms with E-state index in [2.05, 4.69) is 15.2 Å². The summed E-state index contributed by atoms with van der Waals surface area (Å²) in [5.74, 6) is 3.23. The molecule has 0 saturated heterocycles. The third-order valence-corrected chi connectivity index (χ3v) is 4.79. The maximum absolute atomic E-state index is 13.0. The van der Waals surface area contributed by atoms with E-state index in [9.17, 15) is 4.79 Å². The predicted octanol–water partition coefficient (Wildman–Crippen LogP) is 2.66. The van der Waals surface area contributed by atoms with Crippen molar-refractivity contribution in [3.63, 3.8) is 0 Å². The highest BCUT2D eigenvalue weighted by Crippen LogP contribution is 2.31. The second kappa shape index (κ2) is 6.53. The number of fused-ring (bicyclic) bond motifs is 1. The third-order valence-electron chi connectivity index (χ3n) is 4.79. The fourth-order valence-electron chi connectivity index (χ4n) is 3.44. The monoisotopic (exact) mass is 367 g/mol. The Morgan fingerprint density at radius 2 is 1.96 bits per heavy atom. The summed E-state index contributed by atoms with van der Waals surface area (Å²) < 4.78 is 12.7. The van der Waals surface area contributed by atoms with E-state index in [1.54, 1.807) is 18.9 Å². The van der Waals surface area contributed by atoms with E-state index in [0.717, 1.165) is 22.8 Å². The van der Waals surface area contributed by atoms with Crippen molar-refractivity contribution in [1.82, 2.24) is 24.6 Å². The fourth-order valence-corrected chi connectivity index (χ4v) is 3.44. The van der Waals surface area contributed by atoms with Gasteiger partial charge in [0.2, 0.25) is 11.7 Å². The summed E-state index contributed by atoms with van der Waals surface area (Å²) >= 11 is 0. The quantitative estimate of drug-likeness (QED) is 0.705. The number of oxazole rings is 1. The van der Waals surface area contributed by atoms with Gasteiger partial charge in [-0.3, -0.25) is 9.36 Å². The molecule has 1 aliphatic rings. The van der Waals surface area contributed by atoms with Gasteiger partial charge in [-0.15, -0.1) is 10.2 Å². The lowest BCUT2D eigenvalue weighted by Crippen LogP contribution is -2.41. The molecule has 3 heterocycles. The van der Waals surface area contributed by atoms with Gasteiger partial charge >= 0.3 is 0 Å². The van der Waals surface area contributed by atoms with Crippen molar-refractivity contribution in [3.05, 3.63) is 47.2 Å². The number of hydrogen-bond donors (Lipinski definition) is 0. The van der Waals surface area contributed by atoms with Crippen molar-refractivity contribution in [2.45, 2.75) is 39.9 Å². The number of ether oxygens (including phenoxy) is 1. The summed E-state index contributed by atoms with van der Waals surface area (Å²) in [7, 11) is 1.63. The number of nitrogens with zero attached hydrogens (tertiary/aromatic N) is 5. The lowest BCUT2D eigenvalue weighted by molar-refractivity contribution is -0.137. The van der Waals surface area contributed by atoms with E-state index in [-0.39, 0.29) is 5.91 Å².